The molecular weight excluding hydrogens is 286 g/mol. The van der Waals surface area contributed by atoms with Crippen molar-refractivity contribution in [3.05, 3.63) is 48.8 Å². The zero-order valence-electron chi connectivity index (χ0n) is 11.2. The molecule has 0 spiro atoms. The molecule has 1 aromatic carbocycles. The van der Waals surface area contributed by atoms with Crippen LogP contribution in [0.3, 0.4) is 0 Å². The molecule has 0 atom stereocenters. The Morgan fingerprint density at radius 2 is 1.71 bits per heavy atom. The van der Waals surface area contributed by atoms with E-state index in [4.69, 9.17) is 0 Å². The molecule has 0 saturated carbocycles. The predicted molar refractivity (Wildman–Crippen MR) is 81.1 cm³/mol. The van der Waals surface area contributed by atoms with Crippen LogP contribution < -0.4 is 0 Å². The molecule has 0 unspecified atom stereocenters. The van der Waals surface area contributed by atoms with Crippen molar-refractivity contribution in [3.8, 4) is 0 Å². The molecule has 104 valence electrons. The number of fused-ring (bicyclic) bond motifs is 5. The quantitative estimate of drug-likeness (QED) is 0.541. The smallest absolute Gasteiger partial charge is 0.179 e. The van der Waals surface area contributed by atoms with Crippen molar-refractivity contribution in [1.29, 1.82) is 0 Å². The Hall–Kier alpha value is -2.47. The number of hydrogen-bond acceptors (Lipinski definition) is 4. The average Bonchev–Trinajstić information content (AvgIpc) is 2.81. The molecule has 3 aromatic heterocycles. The lowest BCUT2D eigenvalue weighted by Crippen LogP contribution is -1.97. The summed E-state index contributed by atoms with van der Waals surface area (Å²) in [5.74, 6) is 0. The van der Waals surface area contributed by atoms with Crippen LogP contribution in [0.15, 0.2) is 53.7 Å². The molecule has 3 heterocycles. The fraction of sp³-hybridized carbons (Fsp3) is 0.0667. The first-order chi connectivity index (χ1) is 10.1. The number of sulfone groups is 1. The van der Waals surface area contributed by atoms with Crippen molar-refractivity contribution in [3.63, 3.8) is 0 Å². The molecule has 0 aliphatic heterocycles. The van der Waals surface area contributed by atoms with Crippen LogP contribution in [-0.2, 0) is 9.84 Å². The minimum Gasteiger partial charge on any atom is -0.291 e. The maximum atomic E-state index is 12.2. The highest BCUT2D eigenvalue weighted by Gasteiger charge is 2.22. The van der Waals surface area contributed by atoms with Crippen LogP contribution in [0.2, 0.25) is 0 Å². The van der Waals surface area contributed by atoms with Gasteiger partial charge in [-0.15, -0.1) is 0 Å². The second-order valence-electron chi connectivity index (χ2n) is 4.94. The molecule has 0 bridgehead atoms. The van der Waals surface area contributed by atoms with Crippen LogP contribution in [0.1, 0.15) is 0 Å². The van der Waals surface area contributed by atoms with Crippen molar-refractivity contribution in [2.75, 3.05) is 6.26 Å². The number of hydrogen-bond donors (Lipinski definition) is 0. The summed E-state index contributed by atoms with van der Waals surface area (Å²) in [5, 5.41) is 1.02. The highest BCUT2D eigenvalue weighted by Crippen LogP contribution is 2.31. The normalized spacial score (nSPS) is 12.4. The van der Waals surface area contributed by atoms with Gasteiger partial charge in [0, 0.05) is 18.6 Å². The van der Waals surface area contributed by atoms with E-state index in [1.54, 1.807) is 6.20 Å². The first-order valence-corrected chi connectivity index (χ1v) is 8.29. The molecule has 0 fully saturated rings. The third-order valence-corrected chi connectivity index (χ3v) is 4.69. The van der Waals surface area contributed by atoms with Gasteiger partial charge in [0.1, 0.15) is 10.4 Å². The van der Waals surface area contributed by atoms with Gasteiger partial charge in [-0.3, -0.25) is 4.40 Å². The predicted octanol–water partition coefficient (Wildman–Crippen LogP) is 2.44. The lowest BCUT2D eigenvalue weighted by atomic mass is 10.2. The number of aromatic nitrogens is 3. The van der Waals surface area contributed by atoms with Crippen molar-refractivity contribution >= 4 is 37.4 Å². The Balaban J connectivity index is 2.42. The summed E-state index contributed by atoms with van der Waals surface area (Å²) < 4.78 is 26.2. The fourth-order valence-corrected chi connectivity index (χ4v) is 3.79. The van der Waals surface area contributed by atoms with Crippen LogP contribution in [0.25, 0.3) is 27.6 Å². The average molecular weight is 297 g/mol. The van der Waals surface area contributed by atoms with Gasteiger partial charge in [-0.2, -0.15) is 0 Å². The Morgan fingerprint density at radius 3 is 2.52 bits per heavy atom. The molecule has 0 saturated heterocycles. The van der Waals surface area contributed by atoms with E-state index in [9.17, 15) is 8.42 Å². The van der Waals surface area contributed by atoms with Crippen LogP contribution >= 0.6 is 0 Å². The van der Waals surface area contributed by atoms with Gasteiger partial charge in [-0.25, -0.2) is 18.4 Å². The SMILES string of the molecule is CS(=O)(=O)c1c2nccnc2n2c1ccc1ccccc12. The van der Waals surface area contributed by atoms with Crippen molar-refractivity contribution in [2.24, 2.45) is 0 Å². The maximum Gasteiger partial charge on any atom is 0.179 e. The highest BCUT2D eigenvalue weighted by atomic mass is 32.2. The molecule has 0 aliphatic carbocycles. The summed E-state index contributed by atoms with van der Waals surface area (Å²) in [6.07, 6.45) is 4.28. The number of para-hydroxylation sites is 1. The van der Waals surface area contributed by atoms with E-state index in [1.165, 1.54) is 12.5 Å². The van der Waals surface area contributed by atoms with Crippen molar-refractivity contribution in [2.45, 2.75) is 4.90 Å². The fourth-order valence-electron chi connectivity index (χ4n) is 2.75. The van der Waals surface area contributed by atoms with Gasteiger partial charge in [-0.1, -0.05) is 24.3 Å². The molecule has 0 N–H and O–H groups in total. The zero-order chi connectivity index (χ0) is 14.6. The molecule has 0 amide bonds. The summed E-state index contributed by atoms with van der Waals surface area (Å²) in [4.78, 5) is 8.79. The van der Waals surface area contributed by atoms with Crippen LogP contribution in [0, 0.1) is 0 Å². The summed E-state index contributed by atoms with van der Waals surface area (Å²) in [7, 11) is -3.40. The van der Waals surface area contributed by atoms with E-state index in [1.807, 2.05) is 40.8 Å². The largest absolute Gasteiger partial charge is 0.291 e. The molecule has 0 aliphatic rings. The van der Waals surface area contributed by atoms with E-state index in [0.29, 0.717) is 16.7 Å². The molecule has 6 heteroatoms. The third kappa shape index (κ3) is 1.66. The molecule has 0 radical (unpaired) electrons. The van der Waals surface area contributed by atoms with Gasteiger partial charge in [0.05, 0.1) is 11.0 Å². The van der Waals surface area contributed by atoms with Crippen molar-refractivity contribution < 1.29 is 8.42 Å². The van der Waals surface area contributed by atoms with Crippen LogP contribution in [0.5, 0.6) is 0 Å². The number of benzene rings is 1. The third-order valence-electron chi connectivity index (χ3n) is 3.55. The topological polar surface area (TPSA) is 64.3 Å². The van der Waals surface area contributed by atoms with E-state index >= 15 is 0 Å². The van der Waals surface area contributed by atoms with Crippen molar-refractivity contribution in [1.82, 2.24) is 14.4 Å². The monoisotopic (exact) mass is 297 g/mol. The number of rotatable bonds is 1. The Kier molecular flexibility index (Phi) is 2.35. The molecule has 21 heavy (non-hydrogen) atoms. The summed E-state index contributed by atoms with van der Waals surface area (Å²) in [5.41, 5.74) is 2.49. The molecule has 4 rings (SSSR count). The second kappa shape index (κ2) is 4.02. The van der Waals surface area contributed by atoms with Crippen LogP contribution in [-0.4, -0.2) is 29.0 Å². The van der Waals surface area contributed by atoms with Gasteiger partial charge < -0.3 is 0 Å². The summed E-state index contributed by atoms with van der Waals surface area (Å²) in [6.45, 7) is 0. The number of pyridine rings is 1. The maximum absolute atomic E-state index is 12.2. The van der Waals surface area contributed by atoms with E-state index in [0.717, 1.165) is 10.9 Å². The lowest BCUT2D eigenvalue weighted by molar-refractivity contribution is 0.603. The minimum absolute atomic E-state index is 0.233. The number of nitrogens with zero attached hydrogens (tertiary/aromatic N) is 3. The van der Waals surface area contributed by atoms with Gasteiger partial charge in [0.25, 0.3) is 0 Å². The lowest BCUT2D eigenvalue weighted by Gasteiger charge is -2.03. The minimum atomic E-state index is -3.40. The Labute approximate surface area is 120 Å². The Bertz CT molecular complexity index is 1110. The van der Waals surface area contributed by atoms with Gasteiger partial charge in [0.2, 0.25) is 0 Å². The van der Waals surface area contributed by atoms with Gasteiger partial charge in [0.15, 0.2) is 15.5 Å². The second-order valence-corrected chi connectivity index (χ2v) is 6.90. The Morgan fingerprint density at radius 1 is 0.952 bits per heavy atom. The standard InChI is InChI=1S/C15H11N3O2S/c1-21(19,20)14-12-7-6-10-4-2-3-5-11(10)18(12)15-13(14)16-8-9-17-15/h2-9H,1H3. The van der Waals surface area contributed by atoms with Gasteiger partial charge >= 0.3 is 0 Å². The summed E-state index contributed by atoms with van der Waals surface area (Å²) >= 11 is 0. The summed E-state index contributed by atoms with van der Waals surface area (Å²) in [6, 6.07) is 11.5. The first-order valence-electron chi connectivity index (χ1n) is 6.40. The zero-order valence-corrected chi connectivity index (χ0v) is 12.0. The van der Waals surface area contributed by atoms with Crippen LogP contribution in [0.4, 0.5) is 0 Å². The van der Waals surface area contributed by atoms with E-state index in [-0.39, 0.29) is 4.90 Å². The van der Waals surface area contributed by atoms with E-state index < -0.39 is 9.84 Å². The first kappa shape index (κ1) is 12.3. The molecule has 5 nitrogen and oxygen atoms in total. The molecule has 4 aromatic rings. The highest BCUT2D eigenvalue weighted by molar-refractivity contribution is 7.91. The van der Waals surface area contributed by atoms with Gasteiger partial charge in [-0.05, 0) is 17.5 Å². The molecular formula is C15H11N3O2S. The van der Waals surface area contributed by atoms with E-state index in [2.05, 4.69) is 9.97 Å².